The van der Waals surface area contributed by atoms with E-state index in [0.717, 1.165) is 5.56 Å². The van der Waals surface area contributed by atoms with Gasteiger partial charge in [-0.05, 0) is 5.56 Å². The normalized spacial score (nSPS) is 28.0. The Morgan fingerprint density at radius 1 is 1.04 bits per heavy atom. The second-order valence-corrected chi connectivity index (χ2v) is 7.03. The van der Waals surface area contributed by atoms with Gasteiger partial charge >= 0.3 is 6.03 Å². The van der Waals surface area contributed by atoms with Crippen LogP contribution in [0.4, 0.5) is 4.79 Å². The van der Waals surface area contributed by atoms with Crippen molar-refractivity contribution in [3.63, 3.8) is 0 Å². The molecule has 0 spiro atoms. The number of hydrogen-bond donors (Lipinski definition) is 2. The van der Waals surface area contributed by atoms with Gasteiger partial charge in [0.05, 0.1) is 12.6 Å². The summed E-state index contributed by atoms with van der Waals surface area (Å²) >= 11 is 0. The molecule has 0 saturated carbocycles. The summed E-state index contributed by atoms with van der Waals surface area (Å²) < 4.78 is 0. The van der Waals surface area contributed by atoms with Crippen molar-refractivity contribution in [1.29, 1.82) is 0 Å². The molecule has 0 unspecified atom stereocenters. The topological polar surface area (TPSA) is 93.2 Å². The molecule has 3 atom stereocenters. The lowest BCUT2D eigenvalue weighted by molar-refractivity contribution is -0.162. The molecule has 3 fully saturated rings. The van der Waals surface area contributed by atoms with E-state index in [-0.39, 0.29) is 30.9 Å². The summed E-state index contributed by atoms with van der Waals surface area (Å²) in [6.45, 7) is 1.53. The highest BCUT2D eigenvalue weighted by atomic mass is 16.3. The Hall–Kier alpha value is -2.61. The molecule has 3 heterocycles. The zero-order valence-corrected chi connectivity index (χ0v) is 14.4. The smallest absolute Gasteiger partial charge is 0.317 e. The molecule has 3 aliphatic rings. The van der Waals surface area contributed by atoms with Gasteiger partial charge < -0.3 is 25.1 Å². The molecule has 0 aliphatic carbocycles. The average Bonchev–Trinajstić information content (AvgIpc) is 3.07. The van der Waals surface area contributed by atoms with Crippen LogP contribution in [0, 0.1) is 0 Å². The lowest BCUT2D eigenvalue weighted by atomic mass is 10.0. The van der Waals surface area contributed by atoms with Gasteiger partial charge in [-0.3, -0.25) is 9.59 Å². The summed E-state index contributed by atoms with van der Waals surface area (Å²) in [5.41, 5.74) is 0.998. The molecular formula is C18H22N4O4. The molecule has 8 heteroatoms. The van der Waals surface area contributed by atoms with E-state index in [9.17, 15) is 19.5 Å². The molecule has 2 N–H and O–H groups in total. The number of aliphatic hydroxyl groups excluding tert-OH is 1. The summed E-state index contributed by atoms with van der Waals surface area (Å²) in [5, 5.41) is 12.7. The van der Waals surface area contributed by atoms with Crippen LogP contribution in [-0.2, 0) is 16.1 Å². The van der Waals surface area contributed by atoms with Gasteiger partial charge in [-0.25, -0.2) is 4.79 Å². The van der Waals surface area contributed by atoms with Crippen LogP contribution >= 0.6 is 0 Å². The third-order valence-corrected chi connectivity index (χ3v) is 5.37. The van der Waals surface area contributed by atoms with E-state index in [2.05, 4.69) is 5.32 Å². The lowest BCUT2D eigenvalue weighted by Gasteiger charge is -2.47. The number of hydrogen-bond acceptors (Lipinski definition) is 4. The van der Waals surface area contributed by atoms with Crippen molar-refractivity contribution in [2.45, 2.75) is 31.2 Å². The molecule has 1 aromatic carbocycles. The maximum Gasteiger partial charge on any atom is 0.317 e. The first-order chi connectivity index (χ1) is 12.5. The van der Waals surface area contributed by atoms with Crippen molar-refractivity contribution >= 4 is 17.8 Å². The van der Waals surface area contributed by atoms with Crippen LogP contribution in [0.1, 0.15) is 12.0 Å². The predicted octanol–water partition coefficient (Wildman–Crippen LogP) is -0.616. The molecule has 26 heavy (non-hydrogen) atoms. The molecule has 3 saturated heterocycles. The van der Waals surface area contributed by atoms with Crippen molar-refractivity contribution in [3.05, 3.63) is 35.9 Å². The number of aliphatic hydroxyl groups is 1. The second-order valence-electron chi connectivity index (χ2n) is 7.03. The number of carbonyl (C=O) groups excluding carboxylic acids is 3. The number of nitrogens with zero attached hydrogens (tertiary/aromatic N) is 3. The van der Waals surface area contributed by atoms with Crippen LogP contribution in [0.3, 0.4) is 0 Å². The Labute approximate surface area is 151 Å². The first kappa shape index (κ1) is 16.8. The Bertz CT molecular complexity index is 725. The zero-order chi connectivity index (χ0) is 18.3. The van der Waals surface area contributed by atoms with E-state index in [0.29, 0.717) is 26.1 Å². The first-order valence-corrected chi connectivity index (χ1v) is 8.90. The van der Waals surface area contributed by atoms with E-state index in [1.165, 1.54) is 4.90 Å². The van der Waals surface area contributed by atoms with E-state index in [4.69, 9.17) is 0 Å². The largest absolute Gasteiger partial charge is 0.391 e. The van der Waals surface area contributed by atoms with E-state index in [1.807, 2.05) is 30.3 Å². The SMILES string of the molecule is O=C(NCc1ccccc1)N1CCN2C(=O)[C@@H]3C[C@@H](O)CN3C(=O)[C@H]2C1. The number of fused-ring (bicyclic) bond motifs is 2. The summed E-state index contributed by atoms with van der Waals surface area (Å²) in [6, 6.07) is 8.16. The third kappa shape index (κ3) is 2.90. The molecule has 3 aliphatic heterocycles. The van der Waals surface area contributed by atoms with Crippen molar-refractivity contribution in [3.8, 4) is 0 Å². The Morgan fingerprint density at radius 3 is 2.54 bits per heavy atom. The highest BCUT2D eigenvalue weighted by Crippen LogP contribution is 2.29. The second kappa shape index (κ2) is 6.60. The summed E-state index contributed by atoms with van der Waals surface area (Å²) in [6.07, 6.45) is -0.353. The van der Waals surface area contributed by atoms with Crippen molar-refractivity contribution < 1.29 is 19.5 Å². The lowest BCUT2D eigenvalue weighted by Crippen LogP contribution is -2.69. The monoisotopic (exact) mass is 358 g/mol. The molecule has 8 nitrogen and oxygen atoms in total. The van der Waals surface area contributed by atoms with Crippen LogP contribution in [0.2, 0.25) is 0 Å². The third-order valence-electron chi connectivity index (χ3n) is 5.37. The Kier molecular flexibility index (Phi) is 4.28. The zero-order valence-electron chi connectivity index (χ0n) is 14.4. The van der Waals surface area contributed by atoms with Gasteiger partial charge in [0.2, 0.25) is 11.8 Å². The molecular weight excluding hydrogens is 336 g/mol. The number of benzene rings is 1. The minimum atomic E-state index is -0.653. The number of piperazine rings is 2. The summed E-state index contributed by atoms with van der Waals surface area (Å²) in [5.74, 6) is -0.290. The van der Waals surface area contributed by atoms with Crippen molar-refractivity contribution in [1.82, 2.24) is 20.0 Å². The minimum Gasteiger partial charge on any atom is -0.391 e. The fraction of sp³-hybridized carbons (Fsp3) is 0.500. The van der Waals surface area contributed by atoms with Gasteiger partial charge in [0, 0.05) is 32.6 Å². The number of nitrogens with one attached hydrogen (secondary N) is 1. The van der Waals surface area contributed by atoms with Crippen LogP contribution in [-0.4, -0.2) is 82.0 Å². The van der Waals surface area contributed by atoms with Crippen LogP contribution < -0.4 is 5.32 Å². The van der Waals surface area contributed by atoms with Gasteiger partial charge in [-0.1, -0.05) is 30.3 Å². The number of rotatable bonds is 2. The molecule has 1 aromatic rings. The van der Waals surface area contributed by atoms with E-state index < -0.39 is 18.2 Å². The van der Waals surface area contributed by atoms with Gasteiger partial charge in [0.1, 0.15) is 12.1 Å². The highest BCUT2D eigenvalue weighted by Gasteiger charge is 2.51. The standard InChI is InChI=1S/C18H22N4O4/c23-13-8-14-16(24)21-7-6-20(11-15(21)17(25)22(14)10-13)18(26)19-9-12-4-2-1-3-5-12/h1-5,13-15,23H,6-11H2,(H,19,26)/t13-,14+,15-/m1/s1. The van der Waals surface area contributed by atoms with Gasteiger partial charge in [-0.2, -0.15) is 0 Å². The predicted molar refractivity (Wildman–Crippen MR) is 91.9 cm³/mol. The fourth-order valence-corrected chi connectivity index (χ4v) is 4.00. The fourth-order valence-electron chi connectivity index (χ4n) is 4.00. The molecule has 138 valence electrons. The van der Waals surface area contributed by atoms with Crippen LogP contribution in [0.5, 0.6) is 0 Å². The maximum atomic E-state index is 12.7. The average molecular weight is 358 g/mol. The van der Waals surface area contributed by atoms with Gasteiger partial charge in [-0.15, -0.1) is 0 Å². The van der Waals surface area contributed by atoms with E-state index >= 15 is 0 Å². The number of carbonyl (C=O) groups is 3. The van der Waals surface area contributed by atoms with Crippen molar-refractivity contribution in [2.24, 2.45) is 0 Å². The summed E-state index contributed by atoms with van der Waals surface area (Å²) in [7, 11) is 0. The minimum absolute atomic E-state index is 0.115. The Balaban J connectivity index is 1.41. The maximum absolute atomic E-state index is 12.7. The van der Waals surface area contributed by atoms with Gasteiger partial charge in [0.25, 0.3) is 0 Å². The molecule has 0 aromatic heterocycles. The summed E-state index contributed by atoms with van der Waals surface area (Å²) in [4.78, 5) is 42.5. The first-order valence-electron chi connectivity index (χ1n) is 8.90. The number of amides is 4. The van der Waals surface area contributed by atoms with Crippen LogP contribution in [0.25, 0.3) is 0 Å². The quantitative estimate of drug-likeness (QED) is 0.737. The highest BCUT2D eigenvalue weighted by molar-refractivity contribution is 5.98. The Morgan fingerprint density at radius 2 is 1.77 bits per heavy atom. The van der Waals surface area contributed by atoms with Crippen molar-refractivity contribution in [2.75, 3.05) is 26.2 Å². The number of urea groups is 1. The van der Waals surface area contributed by atoms with Gasteiger partial charge in [0.15, 0.2) is 0 Å². The van der Waals surface area contributed by atoms with Crippen LogP contribution in [0.15, 0.2) is 30.3 Å². The molecule has 4 rings (SSSR count). The molecule has 4 amide bonds. The molecule has 0 bridgehead atoms. The molecule has 0 radical (unpaired) electrons. The van der Waals surface area contributed by atoms with E-state index in [1.54, 1.807) is 9.80 Å².